The van der Waals surface area contributed by atoms with E-state index in [1.807, 2.05) is 24.3 Å². The summed E-state index contributed by atoms with van der Waals surface area (Å²) in [5.74, 6) is 0.883. The van der Waals surface area contributed by atoms with Crippen LogP contribution in [0.3, 0.4) is 0 Å². The molecule has 0 aliphatic heterocycles. The van der Waals surface area contributed by atoms with Gasteiger partial charge in [0.2, 0.25) is 0 Å². The number of phenolic OH excluding ortho intramolecular Hbond substituents is 1. The van der Waals surface area contributed by atoms with Crippen LogP contribution >= 0.6 is 0 Å². The second-order valence-corrected chi connectivity index (χ2v) is 21.2. The van der Waals surface area contributed by atoms with Gasteiger partial charge >= 0.3 is 0 Å². The van der Waals surface area contributed by atoms with Crippen LogP contribution in [0.15, 0.2) is 134 Å². The number of phenols is 1. The zero-order valence-corrected chi connectivity index (χ0v) is 42.3. The van der Waals surface area contributed by atoms with E-state index in [-0.39, 0.29) is 48.5 Å². The van der Waals surface area contributed by atoms with Gasteiger partial charge in [-0.1, -0.05) is 185 Å². The number of aromatic nitrogens is 3. The Morgan fingerprint density at radius 1 is 0.600 bits per heavy atom. The first-order chi connectivity index (χ1) is 31.3. The van der Waals surface area contributed by atoms with Gasteiger partial charge in [0.05, 0.1) is 22.3 Å². The van der Waals surface area contributed by atoms with Gasteiger partial charge in [-0.2, -0.15) is 0 Å². The van der Waals surface area contributed by atoms with Crippen LogP contribution in [0.5, 0.6) is 5.75 Å². The van der Waals surface area contributed by atoms with Crippen molar-refractivity contribution in [3.05, 3.63) is 167 Å². The van der Waals surface area contributed by atoms with Crippen molar-refractivity contribution in [2.24, 2.45) is 0 Å². The number of nitrogens with zero attached hydrogens (tertiary/aromatic N) is 3. The maximum Gasteiger partial charge on any atom is 0.148 e. The van der Waals surface area contributed by atoms with Crippen molar-refractivity contribution in [1.29, 1.82) is 0 Å². The summed E-state index contributed by atoms with van der Waals surface area (Å²) in [6, 6.07) is 47.3. The number of rotatable bonds is 8. The van der Waals surface area contributed by atoms with Crippen molar-refractivity contribution in [2.75, 3.05) is 0 Å². The number of hydrogen-bond acceptors (Lipinski definition) is 3. The predicted octanol–water partition coefficient (Wildman–Crippen LogP) is 16.1. The summed E-state index contributed by atoms with van der Waals surface area (Å²) in [6.45, 7) is 24.4. The molecule has 1 N–H and O–H groups in total. The Morgan fingerprint density at radius 3 is 1.91 bits per heavy atom. The summed E-state index contributed by atoms with van der Waals surface area (Å²) in [7, 11) is 0. The quantitative estimate of drug-likeness (QED) is 0.154. The van der Waals surface area contributed by atoms with Crippen LogP contribution < -0.4 is 0 Å². The zero-order valence-electron chi connectivity index (χ0n) is 43.0. The van der Waals surface area contributed by atoms with Crippen molar-refractivity contribution in [3.63, 3.8) is 0 Å². The largest absolute Gasteiger partial charge is 0.507 e. The zero-order chi connectivity index (χ0) is 48.4. The molecule has 4 nitrogen and oxygen atoms in total. The third kappa shape index (κ3) is 9.43. The number of hydrogen-bond donors (Lipinski definition) is 1. The van der Waals surface area contributed by atoms with Gasteiger partial charge in [0, 0.05) is 48.2 Å². The van der Waals surface area contributed by atoms with E-state index in [4.69, 9.17) is 14.1 Å². The SMILES string of the molecule is [2H]C([2H])([2H])c1ccc(-c2ccnc(-c3[c-]c(-c4cccc5c4nc(-c4cc(C(C)(C)C)cc(C(C)(C)C)c4O)n5-c4ccc(C(C)(C)CC)cc4-c4ccccc4)cc(C(C)(C)C)c3)c2)cc1.[Pt]. The average Bonchev–Trinajstić information content (AvgIpc) is 3.67. The minimum atomic E-state index is -2.17. The molecule has 0 unspecified atom stereocenters. The topological polar surface area (TPSA) is 50.9 Å². The van der Waals surface area contributed by atoms with Crippen molar-refractivity contribution >= 4 is 11.0 Å². The standard InChI is InChI=1S/C60H64N3O.Pt/c1-14-60(12,13)44-27-28-52(48(35-44)40-19-16-15-17-20-40)63-53-22-18-21-47(54(53)62-56(63)49-36-46(58(6,7)8)37-50(55(49)64)59(9,10)11)42-31-43(33-45(32-42)57(3,4)5)51-34-41(29-30-61-51)39-25-23-38(2)24-26-39;/h15-30,32-37,64H,14H2,1-13H3;/q-1;/i2D3;. The van der Waals surface area contributed by atoms with Gasteiger partial charge in [0.15, 0.2) is 0 Å². The number of pyridine rings is 1. The molecule has 0 amide bonds. The van der Waals surface area contributed by atoms with E-state index in [1.54, 1.807) is 18.3 Å². The van der Waals surface area contributed by atoms with Gasteiger partial charge in [-0.25, -0.2) is 4.98 Å². The molecular formula is C60H64N3OPt-. The Bertz CT molecular complexity index is 3130. The molecule has 0 fully saturated rings. The van der Waals surface area contributed by atoms with Gasteiger partial charge in [0.1, 0.15) is 11.6 Å². The fourth-order valence-corrected chi connectivity index (χ4v) is 8.46. The van der Waals surface area contributed by atoms with E-state index in [9.17, 15) is 5.11 Å². The van der Waals surface area contributed by atoms with Crippen LogP contribution in [0.25, 0.3) is 72.7 Å². The van der Waals surface area contributed by atoms with E-state index in [0.29, 0.717) is 17.0 Å². The van der Waals surface area contributed by atoms with Crippen LogP contribution in [0.4, 0.5) is 0 Å². The Balaban J connectivity index is 0.00000684. The van der Waals surface area contributed by atoms with Crippen molar-refractivity contribution < 1.29 is 30.3 Å². The summed E-state index contributed by atoms with van der Waals surface area (Å²) in [5.41, 5.74) is 14.6. The van der Waals surface area contributed by atoms with E-state index < -0.39 is 6.85 Å². The van der Waals surface area contributed by atoms with Crippen LogP contribution in [0.2, 0.25) is 0 Å². The summed E-state index contributed by atoms with van der Waals surface area (Å²) in [4.78, 5) is 10.5. The molecule has 0 bridgehead atoms. The Labute approximate surface area is 406 Å². The molecule has 2 heterocycles. The molecule has 8 aromatic rings. The molecule has 0 saturated heterocycles. The van der Waals surface area contributed by atoms with Gasteiger partial charge in [-0.15, -0.1) is 29.3 Å². The molecule has 6 aromatic carbocycles. The number of fused-ring (bicyclic) bond motifs is 1. The number of aryl methyl sites for hydroxylation is 1. The second kappa shape index (κ2) is 17.7. The van der Waals surface area contributed by atoms with Gasteiger partial charge in [-0.05, 0) is 93.1 Å². The fraction of sp³-hybridized carbons (Fsp3) is 0.300. The van der Waals surface area contributed by atoms with Crippen LogP contribution in [-0.2, 0) is 42.7 Å². The van der Waals surface area contributed by atoms with E-state index in [2.05, 4.69) is 185 Å². The summed E-state index contributed by atoms with van der Waals surface area (Å²) in [6.07, 6.45) is 2.79. The van der Waals surface area contributed by atoms with Gasteiger partial charge in [0.25, 0.3) is 0 Å². The smallest absolute Gasteiger partial charge is 0.148 e. The van der Waals surface area contributed by atoms with Gasteiger partial charge in [-0.3, -0.25) is 9.55 Å². The van der Waals surface area contributed by atoms with Crippen molar-refractivity contribution in [1.82, 2.24) is 14.5 Å². The fourth-order valence-electron chi connectivity index (χ4n) is 8.46. The monoisotopic (exact) mass is 1040 g/mol. The molecule has 8 rings (SSSR count). The van der Waals surface area contributed by atoms with Crippen LogP contribution in [-0.4, -0.2) is 19.6 Å². The second-order valence-electron chi connectivity index (χ2n) is 21.2. The van der Waals surface area contributed by atoms with E-state index in [1.165, 1.54) is 5.56 Å². The summed E-state index contributed by atoms with van der Waals surface area (Å²) < 4.78 is 25.8. The van der Waals surface area contributed by atoms with Crippen LogP contribution in [0, 0.1) is 12.9 Å². The van der Waals surface area contributed by atoms with E-state index >= 15 is 0 Å². The third-order valence-corrected chi connectivity index (χ3v) is 13.0. The van der Waals surface area contributed by atoms with Crippen LogP contribution in [0.1, 0.15) is 121 Å². The van der Waals surface area contributed by atoms with E-state index in [0.717, 1.165) is 84.5 Å². The molecular weight excluding hydrogens is 974 g/mol. The first-order valence-electron chi connectivity index (χ1n) is 24.1. The average molecular weight is 1040 g/mol. The molecule has 0 aliphatic rings. The molecule has 0 radical (unpaired) electrons. The normalized spacial score (nSPS) is 13.3. The first kappa shape index (κ1) is 43.3. The van der Waals surface area contributed by atoms with Crippen molar-refractivity contribution in [2.45, 2.75) is 118 Å². The molecule has 336 valence electrons. The Kier molecular flexibility index (Phi) is 11.8. The number of benzene rings is 6. The molecule has 0 atom stereocenters. The first-order valence-corrected chi connectivity index (χ1v) is 22.6. The molecule has 0 saturated carbocycles. The molecule has 65 heavy (non-hydrogen) atoms. The Morgan fingerprint density at radius 2 is 1.26 bits per heavy atom. The minimum absolute atomic E-state index is 0. The third-order valence-electron chi connectivity index (χ3n) is 13.0. The molecule has 5 heteroatoms. The molecule has 0 spiro atoms. The molecule has 0 aliphatic carbocycles. The van der Waals surface area contributed by atoms with Gasteiger partial charge < -0.3 is 5.11 Å². The number of aromatic hydroxyl groups is 1. The Hall–Kier alpha value is -5.57. The number of imidazole rings is 1. The maximum atomic E-state index is 12.6. The summed E-state index contributed by atoms with van der Waals surface area (Å²) >= 11 is 0. The number of para-hydroxylation sites is 1. The molecule has 2 aromatic heterocycles. The van der Waals surface area contributed by atoms with Crippen molar-refractivity contribution in [3.8, 4) is 67.5 Å². The summed E-state index contributed by atoms with van der Waals surface area (Å²) in [5, 5.41) is 12.6. The minimum Gasteiger partial charge on any atom is -0.507 e. The maximum absolute atomic E-state index is 12.6. The predicted molar refractivity (Wildman–Crippen MR) is 271 cm³/mol.